The normalized spacial score (nSPS) is 13.8. The number of hydrogen-bond acceptors (Lipinski definition) is 3. The van der Waals surface area contributed by atoms with Crippen LogP contribution < -0.4 is 4.90 Å². The van der Waals surface area contributed by atoms with Crippen molar-refractivity contribution >= 4 is 38.8 Å². The molecule has 0 amide bonds. The summed E-state index contributed by atoms with van der Waals surface area (Å²) in [4.78, 5) is 12.5. The SMILES string of the molecule is C=C1/C=C\C=C/CN(c2cc(-c3ccc(-c4cc(-c5ccccc5)nc(-c5ccccc5)n4)cc3)cc(-n3c4ccccc4c4ccccc43)c2)c2ccccc21. The van der Waals surface area contributed by atoms with Gasteiger partial charge in [-0.2, -0.15) is 0 Å². The van der Waals surface area contributed by atoms with E-state index in [0.29, 0.717) is 12.4 Å². The fourth-order valence-electron chi connectivity index (χ4n) is 7.98. The Hall–Kier alpha value is -7.56. The number of para-hydroxylation sites is 3. The molecule has 4 heteroatoms. The molecule has 0 bridgehead atoms. The van der Waals surface area contributed by atoms with Gasteiger partial charge in [-0.25, -0.2) is 9.97 Å². The summed E-state index contributed by atoms with van der Waals surface area (Å²) in [5, 5.41) is 2.47. The van der Waals surface area contributed by atoms with Crippen LogP contribution in [0.1, 0.15) is 5.56 Å². The largest absolute Gasteiger partial charge is 0.337 e. The van der Waals surface area contributed by atoms with E-state index in [9.17, 15) is 0 Å². The zero-order valence-electron chi connectivity index (χ0n) is 31.3. The van der Waals surface area contributed by atoms with E-state index < -0.39 is 0 Å². The summed E-state index contributed by atoms with van der Waals surface area (Å²) < 4.78 is 2.40. The zero-order valence-corrected chi connectivity index (χ0v) is 31.3. The van der Waals surface area contributed by atoms with E-state index in [1.165, 1.54) is 21.8 Å². The van der Waals surface area contributed by atoms with Gasteiger partial charge in [0.2, 0.25) is 0 Å². The van der Waals surface area contributed by atoms with Crippen molar-refractivity contribution in [2.75, 3.05) is 11.4 Å². The highest BCUT2D eigenvalue weighted by atomic mass is 15.1. The monoisotopic (exact) mass is 730 g/mol. The molecule has 9 aromatic rings. The lowest BCUT2D eigenvalue weighted by molar-refractivity contribution is 1.08. The molecule has 4 nitrogen and oxygen atoms in total. The number of hydrogen-bond donors (Lipinski definition) is 0. The average Bonchev–Trinajstić information content (AvgIpc) is 3.65. The topological polar surface area (TPSA) is 34.0 Å². The molecule has 2 aromatic heterocycles. The van der Waals surface area contributed by atoms with Crippen LogP contribution >= 0.6 is 0 Å². The molecule has 1 aliphatic rings. The molecule has 57 heavy (non-hydrogen) atoms. The van der Waals surface area contributed by atoms with Gasteiger partial charge in [0.15, 0.2) is 5.82 Å². The first kappa shape index (κ1) is 34.0. The molecule has 0 radical (unpaired) electrons. The van der Waals surface area contributed by atoms with Crippen molar-refractivity contribution in [1.82, 2.24) is 14.5 Å². The Morgan fingerprint density at radius 3 is 1.72 bits per heavy atom. The Kier molecular flexibility index (Phi) is 8.69. The minimum Gasteiger partial charge on any atom is -0.337 e. The quantitative estimate of drug-likeness (QED) is 0.171. The van der Waals surface area contributed by atoms with Gasteiger partial charge in [0.1, 0.15) is 0 Å². The number of allylic oxidation sites excluding steroid dienone is 4. The zero-order chi connectivity index (χ0) is 38.1. The van der Waals surface area contributed by atoms with Crippen LogP contribution in [0.3, 0.4) is 0 Å². The molecule has 7 aromatic carbocycles. The molecule has 0 saturated heterocycles. The lowest BCUT2D eigenvalue weighted by Gasteiger charge is -2.28. The Bertz CT molecular complexity index is 2880. The van der Waals surface area contributed by atoms with Gasteiger partial charge in [0.25, 0.3) is 0 Å². The molecule has 0 aliphatic carbocycles. The maximum atomic E-state index is 5.09. The van der Waals surface area contributed by atoms with Gasteiger partial charge in [-0.1, -0.05) is 170 Å². The van der Waals surface area contributed by atoms with E-state index in [4.69, 9.17) is 9.97 Å². The van der Waals surface area contributed by atoms with Gasteiger partial charge in [0, 0.05) is 56.6 Å². The minimum atomic E-state index is 0.699. The summed E-state index contributed by atoms with van der Waals surface area (Å²) in [6.07, 6.45) is 8.49. The molecule has 0 fully saturated rings. The first-order chi connectivity index (χ1) is 28.2. The average molecular weight is 731 g/mol. The molecule has 3 heterocycles. The summed E-state index contributed by atoms with van der Waals surface area (Å²) >= 11 is 0. The van der Waals surface area contributed by atoms with Crippen molar-refractivity contribution in [3.63, 3.8) is 0 Å². The molecule has 0 N–H and O–H groups in total. The first-order valence-corrected chi connectivity index (χ1v) is 19.3. The first-order valence-electron chi connectivity index (χ1n) is 19.3. The van der Waals surface area contributed by atoms with Crippen LogP contribution in [0.4, 0.5) is 11.4 Å². The van der Waals surface area contributed by atoms with Crippen LogP contribution in [0.5, 0.6) is 0 Å². The third-order valence-electron chi connectivity index (χ3n) is 10.8. The number of rotatable bonds is 6. The maximum Gasteiger partial charge on any atom is 0.160 e. The van der Waals surface area contributed by atoms with Crippen molar-refractivity contribution in [2.45, 2.75) is 0 Å². The van der Waals surface area contributed by atoms with Crippen molar-refractivity contribution in [3.05, 3.63) is 218 Å². The van der Waals surface area contributed by atoms with Crippen LogP contribution in [-0.2, 0) is 0 Å². The van der Waals surface area contributed by atoms with Crippen LogP contribution in [0, 0.1) is 0 Å². The van der Waals surface area contributed by atoms with Crippen LogP contribution in [0.2, 0.25) is 0 Å². The molecular formula is C53H38N4. The summed E-state index contributed by atoms with van der Waals surface area (Å²) in [5.41, 5.74) is 14.8. The molecule has 0 spiro atoms. The van der Waals surface area contributed by atoms with E-state index in [-0.39, 0.29) is 0 Å². The van der Waals surface area contributed by atoms with Crippen molar-refractivity contribution in [3.8, 4) is 50.7 Å². The van der Waals surface area contributed by atoms with Gasteiger partial charge in [-0.3, -0.25) is 0 Å². The molecule has 0 saturated carbocycles. The standard InChI is InChI=1S/C53H38N4/c1-37-17-5-4-16-32-56(50-25-13-10-22-45(37)50)43-33-42(34-44(35-43)57-51-26-14-11-23-46(51)47-24-12-15-27-52(47)57)38-28-30-40(31-29-38)49-36-48(39-18-6-2-7-19-39)54-53(55-49)41-20-8-3-9-21-41/h2-31,33-36H,1,32H2/b16-4-,17-5-. The van der Waals surface area contributed by atoms with Gasteiger partial charge in [0.05, 0.1) is 22.4 Å². The van der Waals surface area contributed by atoms with E-state index in [0.717, 1.165) is 67.4 Å². The van der Waals surface area contributed by atoms with Crippen molar-refractivity contribution in [1.29, 1.82) is 0 Å². The lowest BCUT2D eigenvalue weighted by atomic mass is 9.99. The second-order valence-corrected chi connectivity index (χ2v) is 14.3. The van der Waals surface area contributed by atoms with Crippen molar-refractivity contribution in [2.24, 2.45) is 0 Å². The summed E-state index contributed by atoms with van der Waals surface area (Å²) in [6, 6.07) is 64.3. The minimum absolute atomic E-state index is 0.699. The molecule has 10 rings (SSSR count). The van der Waals surface area contributed by atoms with Crippen LogP contribution in [0.25, 0.3) is 78.1 Å². The predicted molar refractivity (Wildman–Crippen MR) is 239 cm³/mol. The predicted octanol–water partition coefficient (Wildman–Crippen LogP) is 13.5. The van der Waals surface area contributed by atoms with E-state index in [1.807, 2.05) is 36.4 Å². The van der Waals surface area contributed by atoms with Crippen LogP contribution in [-0.4, -0.2) is 21.1 Å². The summed E-state index contributed by atoms with van der Waals surface area (Å²) in [7, 11) is 0. The Balaban J connectivity index is 1.14. The lowest BCUT2D eigenvalue weighted by Crippen LogP contribution is -2.18. The highest BCUT2D eigenvalue weighted by Crippen LogP contribution is 2.40. The molecular weight excluding hydrogens is 693 g/mol. The number of nitrogens with zero attached hydrogens (tertiary/aromatic N) is 4. The number of anilines is 2. The number of fused-ring (bicyclic) bond motifs is 4. The Morgan fingerprint density at radius 1 is 0.456 bits per heavy atom. The van der Waals surface area contributed by atoms with Gasteiger partial charge >= 0.3 is 0 Å². The second kappa shape index (κ2) is 14.6. The smallest absolute Gasteiger partial charge is 0.160 e. The van der Waals surface area contributed by atoms with E-state index in [1.54, 1.807) is 0 Å². The molecule has 1 aliphatic heterocycles. The number of benzene rings is 7. The molecule has 0 unspecified atom stereocenters. The van der Waals surface area contributed by atoms with Crippen molar-refractivity contribution < 1.29 is 0 Å². The fourth-order valence-corrected chi connectivity index (χ4v) is 7.98. The fraction of sp³-hybridized carbons (Fsp3) is 0.0189. The molecule has 270 valence electrons. The Labute approximate surface area is 332 Å². The third-order valence-corrected chi connectivity index (χ3v) is 10.8. The highest BCUT2D eigenvalue weighted by molar-refractivity contribution is 6.09. The third kappa shape index (κ3) is 6.43. The van der Waals surface area contributed by atoms with Gasteiger partial charge in [-0.15, -0.1) is 0 Å². The van der Waals surface area contributed by atoms with E-state index >= 15 is 0 Å². The summed E-state index contributed by atoms with van der Waals surface area (Å²) in [5.74, 6) is 0.704. The van der Waals surface area contributed by atoms with Gasteiger partial charge < -0.3 is 9.47 Å². The Morgan fingerprint density at radius 2 is 1.02 bits per heavy atom. The number of aromatic nitrogens is 3. The summed E-state index contributed by atoms with van der Waals surface area (Å²) in [6.45, 7) is 5.14. The second-order valence-electron chi connectivity index (χ2n) is 14.3. The van der Waals surface area contributed by atoms with Crippen LogP contribution in [0.15, 0.2) is 213 Å². The molecule has 0 atom stereocenters. The highest BCUT2D eigenvalue weighted by Gasteiger charge is 2.19. The van der Waals surface area contributed by atoms with E-state index in [2.05, 4.69) is 186 Å². The van der Waals surface area contributed by atoms with Gasteiger partial charge in [-0.05, 0) is 59.2 Å². The maximum absolute atomic E-state index is 5.09.